The van der Waals surface area contributed by atoms with E-state index in [1.165, 1.54) is 0 Å². The first-order valence-electron chi connectivity index (χ1n) is 4.07. The number of aliphatic hydroxyl groups is 6. The van der Waals surface area contributed by atoms with Crippen LogP contribution in [0.25, 0.3) is 0 Å². The molecule has 0 aliphatic rings. The summed E-state index contributed by atoms with van der Waals surface area (Å²) in [6.45, 7) is -0.881. The van der Waals surface area contributed by atoms with Gasteiger partial charge in [-0.1, -0.05) is 0 Å². The highest BCUT2D eigenvalue weighted by Gasteiger charge is 2.36. The number of aliphatic hydroxyl groups excluding tert-OH is 6. The normalized spacial score (nSPS) is 21.5. The van der Waals surface area contributed by atoms with Crippen LogP contribution in [0.5, 0.6) is 0 Å². The number of carbonyl (C=O) groups is 1. The van der Waals surface area contributed by atoms with E-state index in [-0.39, 0.29) is 0 Å². The quantitative estimate of drug-likeness (QED) is 0.240. The summed E-state index contributed by atoms with van der Waals surface area (Å²) in [5.41, 5.74) is 0. The number of rotatable bonds is 6. The predicted octanol–water partition coefficient (Wildman–Crippen LogP) is -4.13. The maximum Gasteiger partial charge on any atom is 0.335 e. The number of carboxylic acid groups (broad SMARTS) is 1. The molecule has 0 aromatic carbocycles. The topological polar surface area (TPSA) is 159 Å². The van der Waals surface area contributed by atoms with Gasteiger partial charge in [0.2, 0.25) is 0 Å². The van der Waals surface area contributed by atoms with Gasteiger partial charge in [-0.25, -0.2) is 4.79 Å². The van der Waals surface area contributed by atoms with Crippen LogP contribution in [0.1, 0.15) is 0 Å². The Morgan fingerprint density at radius 3 is 1.73 bits per heavy atom. The molecule has 0 unspecified atom stereocenters. The second-order valence-corrected chi connectivity index (χ2v) is 3.00. The predicted molar refractivity (Wildman–Crippen MR) is 44.8 cm³/mol. The Labute approximate surface area is 84.7 Å². The summed E-state index contributed by atoms with van der Waals surface area (Å²) in [5.74, 6) is -1.78. The van der Waals surface area contributed by atoms with Crippen molar-refractivity contribution in [3.63, 3.8) is 0 Å². The molecule has 8 nitrogen and oxygen atoms in total. The van der Waals surface area contributed by atoms with E-state index in [1.807, 2.05) is 0 Å². The van der Waals surface area contributed by atoms with Crippen molar-refractivity contribution in [1.82, 2.24) is 0 Å². The number of hydrogen-bond donors (Lipinski definition) is 7. The van der Waals surface area contributed by atoms with Gasteiger partial charge in [0.05, 0.1) is 6.61 Å². The van der Waals surface area contributed by atoms with Gasteiger partial charge in [0, 0.05) is 0 Å². The monoisotopic (exact) mass is 226 g/mol. The Balaban J connectivity index is 4.42. The van der Waals surface area contributed by atoms with Crippen LogP contribution in [0.3, 0.4) is 0 Å². The molecule has 0 rings (SSSR count). The van der Waals surface area contributed by atoms with Crippen LogP contribution in [0.4, 0.5) is 0 Å². The van der Waals surface area contributed by atoms with Gasteiger partial charge in [0.25, 0.3) is 0 Å². The summed E-state index contributed by atoms with van der Waals surface area (Å²) < 4.78 is 0. The fourth-order valence-corrected chi connectivity index (χ4v) is 0.870. The molecule has 0 aliphatic heterocycles. The molecule has 0 saturated carbocycles. The Morgan fingerprint density at radius 2 is 1.40 bits per heavy atom. The highest BCUT2D eigenvalue weighted by molar-refractivity contribution is 5.72. The zero-order valence-corrected chi connectivity index (χ0v) is 7.63. The van der Waals surface area contributed by atoms with Crippen LogP contribution >= 0.6 is 0 Å². The second kappa shape index (κ2) is 5.95. The molecule has 0 fully saturated rings. The van der Waals surface area contributed by atoms with Crippen molar-refractivity contribution in [2.24, 2.45) is 0 Å². The molecular formula is C7H14O8. The third-order valence-corrected chi connectivity index (χ3v) is 1.86. The van der Waals surface area contributed by atoms with Crippen LogP contribution < -0.4 is 0 Å². The lowest BCUT2D eigenvalue weighted by Crippen LogP contribution is -2.51. The molecule has 0 spiro atoms. The van der Waals surface area contributed by atoms with E-state index in [9.17, 15) is 4.79 Å². The Hall–Kier alpha value is -0.770. The standard InChI is InChI=1S/C7H14O8/c8-1-2(9)3(10)4(11)5(12)6(13)7(14)15/h2-6,8-13H,1H2,(H,14,15)/t2-,3-,4-,5+,6-/m1/s1. The molecule has 90 valence electrons. The fourth-order valence-electron chi connectivity index (χ4n) is 0.870. The third-order valence-electron chi connectivity index (χ3n) is 1.86. The fraction of sp³-hybridized carbons (Fsp3) is 0.857. The van der Waals surface area contributed by atoms with Gasteiger partial charge in [-0.15, -0.1) is 0 Å². The van der Waals surface area contributed by atoms with Crippen molar-refractivity contribution < 1.29 is 40.5 Å². The van der Waals surface area contributed by atoms with Gasteiger partial charge in [-0.2, -0.15) is 0 Å². The van der Waals surface area contributed by atoms with Gasteiger partial charge < -0.3 is 35.7 Å². The molecule has 15 heavy (non-hydrogen) atoms. The van der Waals surface area contributed by atoms with Crippen molar-refractivity contribution in [2.75, 3.05) is 6.61 Å². The van der Waals surface area contributed by atoms with Crippen LogP contribution in [0.2, 0.25) is 0 Å². The highest BCUT2D eigenvalue weighted by Crippen LogP contribution is 2.08. The molecular weight excluding hydrogens is 212 g/mol. The van der Waals surface area contributed by atoms with Gasteiger partial charge in [-0.3, -0.25) is 0 Å². The maximum absolute atomic E-state index is 10.2. The lowest BCUT2D eigenvalue weighted by atomic mass is 9.99. The number of hydrogen-bond acceptors (Lipinski definition) is 7. The molecule has 0 aliphatic carbocycles. The van der Waals surface area contributed by atoms with E-state index in [4.69, 9.17) is 35.7 Å². The minimum absolute atomic E-state index is 0.881. The van der Waals surface area contributed by atoms with Crippen LogP contribution in [-0.2, 0) is 4.79 Å². The molecule has 0 bridgehead atoms. The highest BCUT2D eigenvalue weighted by atomic mass is 16.4. The smallest absolute Gasteiger partial charge is 0.335 e. The summed E-state index contributed by atoms with van der Waals surface area (Å²) >= 11 is 0. The maximum atomic E-state index is 10.2. The van der Waals surface area contributed by atoms with E-state index in [2.05, 4.69) is 0 Å². The molecule has 0 aromatic rings. The molecule has 5 atom stereocenters. The molecule has 8 heteroatoms. The average molecular weight is 226 g/mol. The number of carboxylic acids is 1. The van der Waals surface area contributed by atoms with Gasteiger partial charge >= 0.3 is 5.97 Å². The van der Waals surface area contributed by atoms with Gasteiger partial charge in [0.1, 0.15) is 24.4 Å². The summed E-state index contributed by atoms with van der Waals surface area (Å²) in [6, 6.07) is 0. The van der Waals surface area contributed by atoms with Gasteiger partial charge in [-0.05, 0) is 0 Å². The summed E-state index contributed by atoms with van der Waals surface area (Å²) in [7, 11) is 0. The van der Waals surface area contributed by atoms with E-state index >= 15 is 0 Å². The first kappa shape index (κ1) is 14.2. The van der Waals surface area contributed by atoms with Crippen molar-refractivity contribution in [3.8, 4) is 0 Å². The van der Waals surface area contributed by atoms with Gasteiger partial charge in [0.15, 0.2) is 6.10 Å². The molecule has 0 saturated heterocycles. The minimum Gasteiger partial charge on any atom is -0.479 e. The van der Waals surface area contributed by atoms with Crippen molar-refractivity contribution >= 4 is 5.97 Å². The first-order chi connectivity index (χ1) is 6.82. The SMILES string of the molecule is O=C(O)[C@H](O)[C@@H](O)[C@H](O)[C@H](O)[C@H](O)CO. The molecule has 0 radical (unpaired) electrons. The minimum atomic E-state index is -2.29. The summed E-state index contributed by atoms with van der Waals surface area (Å²) in [6.07, 6.45) is -10.2. The van der Waals surface area contributed by atoms with Crippen molar-refractivity contribution in [3.05, 3.63) is 0 Å². The van der Waals surface area contributed by atoms with E-state index in [1.54, 1.807) is 0 Å². The van der Waals surface area contributed by atoms with E-state index in [0.717, 1.165) is 0 Å². The zero-order chi connectivity index (χ0) is 12.2. The molecule has 0 amide bonds. The first-order valence-corrected chi connectivity index (χ1v) is 4.07. The Bertz CT molecular complexity index is 207. The average Bonchev–Trinajstić information content (AvgIpc) is 2.23. The lowest BCUT2D eigenvalue weighted by molar-refractivity contribution is -0.169. The van der Waals surface area contributed by atoms with Crippen LogP contribution in [0, 0.1) is 0 Å². The molecule has 0 heterocycles. The zero-order valence-electron chi connectivity index (χ0n) is 7.63. The lowest BCUT2D eigenvalue weighted by Gasteiger charge is -2.26. The van der Waals surface area contributed by atoms with Crippen molar-refractivity contribution in [2.45, 2.75) is 30.5 Å². The van der Waals surface area contributed by atoms with Crippen LogP contribution in [0.15, 0.2) is 0 Å². The summed E-state index contributed by atoms with van der Waals surface area (Å²) in [5, 5.41) is 61.5. The largest absolute Gasteiger partial charge is 0.479 e. The number of aliphatic carboxylic acids is 1. The van der Waals surface area contributed by atoms with Crippen LogP contribution in [-0.4, -0.2) is 78.8 Å². The van der Waals surface area contributed by atoms with E-state index < -0.39 is 43.1 Å². The Morgan fingerprint density at radius 1 is 0.933 bits per heavy atom. The van der Waals surface area contributed by atoms with E-state index in [0.29, 0.717) is 0 Å². The Kier molecular flexibility index (Phi) is 5.65. The molecule has 7 N–H and O–H groups in total. The van der Waals surface area contributed by atoms with Crippen molar-refractivity contribution in [1.29, 1.82) is 0 Å². The summed E-state index contributed by atoms with van der Waals surface area (Å²) in [4.78, 5) is 10.2. The second-order valence-electron chi connectivity index (χ2n) is 3.00. The molecule has 0 aromatic heterocycles. The third kappa shape index (κ3) is 3.70.